The number of likely N-dealkylation sites (tertiary alicyclic amines) is 1. The van der Waals surface area contributed by atoms with Crippen LogP contribution in [0.5, 0.6) is 0 Å². The van der Waals surface area contributed by atoms with Gasteiger partial charge in [0.05, 0.1) is 11.9 Å². The third-order valence-electron chi connectivity index (χ3n) is 5.24. The number of carbonyl (C=O) groups excluding carboxylic acids is 1. The highest BCUT2D eigenvalue weighted by Gasteiger charge is 2.21. The van der Waals surface area contributed by atoms with Crippen molar-refractivity contribution in [1.29, 1.82) is 0 Å². The molecular formula is C22H28ClN3O3S. The average Bonchev–Trinajstić information content (AvgIpc) is 2.72. The molecule has 1 saturated heterocycles. The van der Waals surface area contributed by atoms with Crippen molar-refractivity contribution < 1.29 is 13.2 Å². The van der Waals surface area contributed by atoms with Gasteiger partial charge in [-0.3, -0.25) is 14.0 Å². The molecule has 30 heavy (non-hydrogen) atoms. The highest BCUT2D eigenvalue weighted by Crippen LogP contribution is 2.20. The number of nitrogens with one attached hydrogen (secondary N) is 1. The highest BCUT2D eigenvalue weighted by atomic mass is 35.5. The van der Waals surface area contributed by atoms with Crippen LogP contribution >= 0.6 is 11.6 Å². The first-order valence-electron chi connectivity index (χ1n) is 10.1. The van der Waals surface area contributed by atoms with Gasteiger partial charge in [-0.15, -0.1) is 0 Å². The lowest BCUT2D eigenvalue weighted by Gasteiger charge is -2.27. The molecule has 0 aromatic heterocycles. The molecule has 1 amide bonds. The minimum absolute atomic E-state index is 0.283. The van der Waals surface area contributed by atoms with Crippen molar-refractivity contribution in [2.24, 2.45) is 0 Å². The molecule has 0 saturated carbocycles. The largest absolute Gasteiger partial charge is 0.350 e. The molecule has 6 nitrogen and oxygen atoms in total. The Balaban J connectivity index is 1.64. The lowest BCUT2D eigenvalue weighted by molar-refractivity contribution is -0.119. The molecule has 162 valence electrons. The molecule has 1 N–H and O–H groups in total. The van der Waals surface area contributed by atoms with Crippen molar-refractivity contribution >= 4 is 33.2 Å². The van der Waals surface area contributed by atoms with Crippen LogP contribution in [0.3, 0.4) is 0 Å². The van der Waals surface area contributed by atoms with Gasteiger partial charge in [0.2, 0.25) is 15.9 Å². The zero-order valence-electron chi connectivity index (χ0n) is 17.2. The molecule has 0 aliphatic carbocycles. The van der Waals surface area contributed by atoms with Gasteiger partial charge in [0, 0.05) is 18.1 Å². The summed E-state index contributed by atoms with van der Waals surface area (Å²) in [6.45, 7) is 3.15. The lowest BCUT2D eigenvalue weighted by Crippen LogP contribution is -2.40. The number of anilines is 1. The molecule has 0 atom stereocenters. The number of carbonyl (C=O) groups is 1. The average molecular weight is 450 g/mol. The third kappa shape index (κ3) is 6.45. The summed E-state index contributed by atoms with van der Waals surface area (Å²) in [7, 11) is -3.61. The Kier molecular flexibility index (Phi) is 7.75. The van der Waals surface area contributed by atoms with Crippen molar-refractivity contribution in [2.45, 2.75) is 32.4 Å². The quantitative estimate of drug-likeness (QED) is 0.670. The Labute approximate surface area is 183 Å². The van der Waals surface area contributed by atoms with E-state index in [1.807, 2.05) is 18.2 Å². The summed E-state index contributed by atoms with van der Waals surface area (Å²) in [5.74, 6) is -0.358. The predicted octanol–water partition coefficient (Wildman–Crippen LogP) is 3.41. The summed E-state index contributed by atoms with van der Waals surface area (Å²) in [5, 5.41) is 3.37. The molecule has 0 unspecified atom stereocenters. The maximum atomic E-state index is 12.6. The van der Waals surface area contributed by atoms with E-state index in [0.717, 1.165) is 35.8 Å². The molecule has 2 aromatic rings. The number of rotatable bonds is 8. The number of amides is 1. The van der Waals surface area contributed by atoms with Crippen LogP contribution in [0.15, 0.2) is 48.5 Å². The second-order valence-electron chi connectivity index (χ2n) is 7.63. The van der Waals surface area contributed by atoms with Gasteiger partial charge < -0.3 is 5.32 Å². The summed E-state index contributed by atoms with van der Waals surface area (Å²) in [5.41, 5.74) is 2.65. The van der Waals surface area contributed by atoms with E-state index in [4.69, 9.17) is 11.6 Å². The number of piperidine rings is 1. The van der Waals surface area contributed by atoms with E-state index in [0.29, 0.717) is 17.3 Å². The minimum atomic E-state index is -3.61. The number of benzene rings is 2. The minimum Gasteiger partial charge on any atom is -0.350 e. The molecule has 1 aliphatic heterocycles. The van der Waals surface area contributed by atoms with Crippen LogP contribution in [0.1, 0.15) is 30.4 Å². The first-order chi connectivity index (χ1) is 14.3. The summed E-state index contributed by atoms with van der Waals surface area (Å²) < 4.78 is 25.5. The van der Waals surface area contributed by atoms with E-state index in [1.165, 1.54) is 24.8 Å². The molecular weight excluding hydrogens is 422 g/mol. The lowest BCUT2D eigenvalue weighted by atomic mass is 10.0. The van der Waals surface area contributed by atoms with E-state index in [1.54, 1.807) is 24.3 Å². The first-order valence-corrected chi connectivity index (χ1v) is 12.3. The van der Waals surface area contributed by atoms with Gasteiger partial charge >= 0.3 is 0 Å². The van der Waals surface area contributed by atoms with Crippen LogP contribution in [0.25, 0.3) is 0 Å². The summed E-state index contributed by atoms with van der Waals surface area (Å²) in [6, 6.07) is 14.4. The fourth-order valence-corrected chi connectivity index (χ4v) is 4.61. The van der Waals surface area contributed by atoms with E-state index in [9.17, 15) is 13.2 Å². The van der Waals surface area contributed by atoms with Crippen molar-refractivity contribution in [3.63, 3.8) is 0 Å². The molecule has 1 heterocycles. The van der Waals surface area contributed by atoms with Crippen molar-refractivity contribution in [3.05, 3.63) is 64.7 Å². The zero-order chi connectivity index (χ0) is 21.6. The van der Waals surface area contributed by atoms with Crippen LogP contribution < -0.4 is 9.62 Å². The van der Waals surface area contributed by atoms with Crippen LogP contribution in [-0.4, -0.2) is 45.1 Å². The van der Waals surface area contributed by atoms with Crippen LogP contribution in [-0.2, 0) is 27.9 Å². The van der Waals surface area contributed by atoms with Crippen LogP contribution in [0, 0.1) is 0 Å². The summed E-state index contributed by atoms with van der Waals surface area (Å²) in [4.78, 5) is 15.0. The molecule has 1 fully saturated rings. The number of halogens is 1. The monoisotopic (exact) mass is 449 g/mol. The maximum absolute atomic E-state index is 12.6. The van der Waals surface area contributed by atoms with E-state index in [-0.39, 0.29) is 12.5 Å². The SMILES string of the molecule is CS(=O)(=O)N(CC(=O)NCc1ccccc1CN1CCCCC1)c1ccc(Cl)cc1. The number of nitrogens with zero attached hydrogens (tertiary/aromatic N) is 2. The maximum Gasteiger partial charge on any atom is 0.241 e. The molecule has 8 heteroatoms. The van der Waals surface area contributed by atoms with Gasteiger partial charge in [0.25, 0.3) is 0 Å². The topological polar surface area (TPSA) is 69.7 Å². The highest BCUT2D eigenvalue weighted by molar-refractivity contribution is 7.92. The van der Waals surface area contributed by atoms with Gasteiger partial charge in [-0.1, -0.05) is 42.3 Å². The van der Waals surface area contributed by atoms with Crippen molar-refractivity contribution in [1.82, 2.24) is 10.2 Å². The molecule has 0 spiro atoms. The van der Waals surface area contributed by atoms with Crippen LogP contribution in [0.2, 0.25) is 5.02 Å². The normalized spacial score (nSPS) is 15.0. The molecule has 2 aromatic carbocycles. The van der Waals surface area contributed by atoms with Gasteiger partial charge in [0.15, 0.2) is 0 Å². The Hall–Kier alpha value is -2.09. The van der Waals surface area contributed by atoms with Gasteiger partial charge in [0.1, 0.15) is 6.54 Å². The molecule has 0 bridgehead atoms. The zero-order valence-corrected chi connectivity index (χ0v) is 18.8. The smallest absolute Gasteiger partial charge is 0.241 e. The van der Waals surface area contributed by atoms with Gasteiger partial charge in [-0.25, -0.2) is 8.42 Å². The second-order valence-corrected chi connectivity index (χ2v) is 9.97. The number of hydrogen-bond acceptors (Lipinski definition) is 4. The van der Waals surface area contributed by atoms with E-state index >= 15 is 0 Å². The van der Waals surface area contributed by atoms with E-state index < -0.39 is 10.0 Å². The summed E-state index contributed by atoms with van der Waals surface area (Å²) >= 11 is 5.89. The predicted molar refractivity (Wildman–Crippen MR) is 121 cm³/mol. The van der Waals surface area contributed by atoms with Gasteiger partial charge in [-0.2, -0.15) is 0 Å². The fraction of sp³-hybridized carbons (Fsp3) is 0.409. The second kappa shape index (κ2) is 10.3. The standard InChI is InChI=1S/C22H28ClN3O3S/c1-30(28,29)26(21-11-9-20(23)10-12-21)17-22(27)24-15-18-7-3-4-8-19(18)16-25-13-5-2-6-14-25/h3-4,7-12H,2,5-6,13-17H2,1H3,(H,24,27). The van der Waals surface area contributed by atoms with Crippen LogP contribution in [0.4, 0.5) is 5.69 Å². The van der Waals surface area contributed by atoms with Gasteiger partial charge in [-0.05, 0) is 61.3 Å². The Morgan fingerprint density at radius 2 is 1.67 bits per heavy atom. The third-order valence-corrected chi connectivity index (χ3v) is 6.63. The summed E-state index contributed by atoms with van der Waals surface area (Å²) in [6.07, 6.45) is 4.83. The van der Waals surface area contributed by atoms with E-state index in [2.05, 4.69) is 16.3 Å². The number of hydrogen-bond donors (Lipinski definition) is 1. The Bertz CT molecular complexity index is 958. The Morgan fingerprint density at radius 1 is 1.03 bits per heavy atom. The number of sulfonamides is 1. The van der Waals surface area contributed by atoms with Crippen molar-refractivity contribution in [3.8, 4) is 0 Å². The Morgan fingerprint density at radius 3 is 2.30 bits per heavy atom. The fourth-order valence-electron chi connectivity index (χ4n) is 3.63. The first kappa shape index (κ1) is 22.6. The molecule has 3 rings (SSSR count). The molecule has 0 radical (unpaired) electrons. The van der Waals surface area contributed by atoms with Crippen molar-refractivity contribution in [2.75, 3.05) is 30.2 Å². The molecule has 1 aliphatic rings.